The van der Waals surface area contributed by atoms with E-state index < -0.39 is 4.92 Å². The largest absolute Gasteiger partial charge is 0.465 e. The molecule has 1 fully saturated rings. The average molecular weight is 295 g/mol. The highest BCUT2D eigenvalue weighted by molar-refractivity contribution is 5.69. The Kier molecular flexibility index (Phi) is 4.29. The molecule has 0 amide bonds. The lowest BCUT2D eigenvalue weighted by Crippen LogP contribution is -2.37. The third kappa shape index (κ3) is 3.80. The molecule has 1 aliphatic carbocycles. The summed E-state index contributed by atoms with van der Waals surface area (Å²) in [5.74, 6) is 0.764. The second-order valence-electron chi connectivity index (χ2n) is 6.33. The molecule has 0 atom stereocenters. The second kappa shape index (κ2) is 5.83. The van der Waals surface area contributed by atoms with E-state index in [2.05, 4.69) is 18.8 Å². The summed E-state index contributed by atoms with van der Waals surface area (Å²) < 4.78 is 6.91. The molecular weight excluding hydrogens is 274 g/mol. The number of rotatable bonds is 6. The van der Waals surface area contributed by atoms with Crippen molar-refractivity contribution in [2.24, 2.45) is 11.3 Å². The third-order valence-corrected chi connectivity index (χ3v) is 3.97. The minimum Gasteiger partial charge on any atom is -0.465 e. The van der Waals surface area contributed by atoms with Gasteiger partial charge in [-0.15, -0.1) is 0 Å². The number of ether oxygens (including phenoxy) is 1. The molecule has 0 spiro atoms. The van der Waals surface area contributed by atoms with Gasteiger partial charge in [0.15, 0.2) is 0 Å². The van der Waals surface area contributed by atoms with E-state index in [0.29, 0.717) is 24.9 Å². The van der Waals surface area contributed by atoms with E-state index in [9.17, 15) is 14.9 Å². The number of imidazole rings is 1. The van der Waals surface area contributed by atoms with Crippen molar-refractivity contribution in [2.45, 2.75) is 46.6 Å². The van der Waals surface area contributed by atoms with Gasteiger partial charge < -0.3 is 19.4 Å². The molecule has 0 saturated heterocycles. The number of carbonyl (C=O) groups excluding carboxylic acids is 1. The van der Waals surface area contributed by atoms with Crippen LogP contribution in [0, 0.1) is 28.4 Å². The van der Waals surface area contributed by atoms with Gasteiger partial charge >= 0.3 is 11.8 Å². The highest BCUT2D eigenvalue weighted by Crippen LogP contribution is 2.45. The predicted molar refractivity (Wildman–Crippen MR) is 75.7 cm³/mol. The van der Waals surface area contributed by atoms with Crippen LogP contribution in [0.2, 0.25) is 0 Å². The molecule has 1 saturated carbocycles. The first kappa shape index (κ1) is 15.5. The standard InChI is InChI=1S/C14H21N3O4/c1-10-6-14(3,7-10)9-21-13(18)4-5-16-8-12(17(19)20)15-11(16)2/h8,10H,4-7,9H2,1-3H3. The van der Waals surface area contributed by atoms with Crippen LogP contribution in [0.3, 0.4) is 0 Å². The fraction of sp³-hybridized carbons (Fsp3) is 0.714. The number of hydrogen-bond donors (Lipinski definition) is 0. The van der Waals surface area contributed by atoms with E-state index in [0.717, 1.165) is 12.8 Å². The molecule has 1 aromatic rings. The summed E-state index contributed by atoms with van der Waals surface area (Å²) in [5, 5.41) is 10.6. The van der Waals surface area contributed by atoms with Crippen molar-refractivity contribution in [3.8, 4) is 0 Å². The zero-order valence-corrected chi connectivity index (χ0v) is 12.7. The van der Waals surface area contributed by atoms with Crippen LogP contribution in [0.5, 0.6) is 0 Å². The maximum atomic E-state index is 11.7. The first-order valence-corrected chi connectivity index (χ1v) is 7.13. The molecule has 116 valence electrons. The fourth-order valence-corrected chi connectivity index (χ4v) is 3.09. The Hall–Kier alpha value is -1.92. The Morgan fingerprint density at radius 3 is 2.81 bits per heavy atom. The monoisotopic (exact) mass is 295 g/mol. The van der Waals surface area contributed by atoms with Crippen LogP contribution in [-0.4, -0.2) is 27.1 Å². The van der Waals surface area contributed by atoms with Crippen molar-refractivity contribution < 1.29 is 14.5 Å². The molecule has 7 nitrogen and oxygen atoms in total. The molecule has 0 bridgehead atoms. The minimum absolute atomic E-state index is 0.124. The number of esters is 1. The third-order valence-electron chi connectivity index (χ3n) is 3.97. The highest BCUT2D eigenvalue weighted by Gasteiger charge is 2.38. The quantitative estimate of drug-likeness (QED) is 0.457. The van der Waals surface area contributed by atoms with Crippen molar-refractivity contribution in [1.29, 1.82) is 0 Å². The number of nitro groups is 1. The van der Waals surface area contributed by atoms with Gasteiger partial charge in [0.05, 0.1) is 13.0 Å². The number of aromatic nitrogens is 2. The Balaban J connectivity index is 1.77. The fourth-order valence-electron chi connectivity index (χ4n) is 3.09. The van der Waals surface area contributed by atoms with Gasteiger partial charge in [-0.1, -0.05) is 13.8 Å². The summed E-state index contributed by atoms with van der Waals surface area (Å²) >= 11 is 0. The molecule has 0 aliphatic heterocycles. The predicted octanol–water partition coefficient (Wildman–Crippen LogP) is 2.47. The Morgan fingerprint density at radius 2 is 2.29 bits per heavy atom. The first-order chi connectivity index (χ1) is 9.79. The first-order valence-electron chi connectivity index (χ1n) is 7.13. The van der Waals surface area contributed by atoms with E-state index in [-0.39, 0.29) is 23.6 Å². The van der Waals surface area contributed by atoms with Crippen LogP contribution in [0.15, 0.2) is 6.20 Å². The zero-order chi connectivity index (χ0) is 15.6. The lowest BCUT2D eigenvalue weighted by molar-refractivity contribution is -0.389. The van der Waals surface area contributed by atoms with Crippen molar-refractivity contribution in [3.63, 3.8) is 0 Å². The minimum atomic E-state index is -0.541. The van der Waals surface area contributed by atoms with Gasteiger partial charge in [0.2, 0.25) is 5.82 Å². The second-order valence-corrected chi connectivity index (χ2v) is 6.33. The average Bonchev–Trinajstić information content (AvgIpc) is 2.74. The Bertz CT molecular complexity index is 546. The van der Waals surface area contributed by atoms with Gasteiger partial charge in [-0.05, 0) is 28.7 Å². The molecule has 1 heterocycles. The van der Waals surface area contributed by atoms with Gasteiger partial charge in [-0.3, -0.25) is 4.79 Å². The van der Waals surface area contributed by atoms with E-state index >= 15 is 0 Å². The summed E-state index contributed by atoms with van der Waals surface area (Å²) in [6.07, 6.45) is 3.72. The van der Waals surface area contributed by atoms with E-state index in [1.54, 1.807) is 11.5 Å². The lowest BCUT2D eigenvalue weighted by atomic mass is 9.64. The van der Waals surface area contributed by atoms with Gasteiger partial charge in [0.25, 0.3) is 0 Å². The molecule has 0 radical (unpaired) electrons. The summed E-state index contributed by atoms with van der Waals surface area (Å²) in [7, 11) is 0. The molecule has 21 heavy (non-hydrogen) atoms. The smallest absolute Gasteiger partial charge is 0.381 e. The van der Waals surface area contributed by atoms with Gasteiger partial charge in [-0.2, -0.15) is 0 Å². The van der Waals surface area contributed by atoms with Crippen molar-refractivity contribution >= 4 is 11.8 Å². The normalized spacial score (nSPS) is 24.4. The molecule has 7 heteroatoms. The van der Waals surface area contributed by atoms with E-state index in [4.69, 9.17) is 4.74 Å². The van der Waals surface area contributed by atoms with E-state index in [1.165, 1.54) is 6.20 Å². The maximum absolute atomic E-state index is 11.7. The van der Waals surface area contributed by atoms with Crippen LogP contribution >= 0.6 is 0 Å². The molecular formula is C14H21N3O4. The SMILES string of the molecule is Cc1nc([N+](=O)[O-])cn1CCC(=O)OCC1(C)CC(C)C1. The van der Waals surface area contributed by atoms with Crippen LogP contribution < -0.4 is 0 Å². The van der Waals surface area contributed by atoms with Gasteiger partial charge in [0.1, 0.15) is 6.20 Å². The molecule has 0 N–H and O–H groups in total. The Labute approximate surface area is 123 Å². The number of nitrogens with zero attached hydrogens (tertiary/aromatic N) is 3. The summed E-state index contributed by atoms with van der Waals surface area (Å²) in [6, 6.07) is 0. The summed E-state index contributed by atoms with van der Waals surface area (Å²) in [6.45, 7) is 6.80. The molecule has 2 rings (SSSR count). The maximum Gasteiger partial charge on any atom is 0.381 e. The molecule has 1 aliphatic rings. The van der Waals surface area contributed by atoms with E-state index in [1.807, 2.05) is 0 Å². The van der Waals surface area contributed by atoms with Crippen molar-refractivity contribution in [3.05, 3.63) is 22.1 Å². The summed E-state index contributed by atoms with van der Waals surface area (Å²) in [4.78, 5) is 25.6. The number of carbonyl (C=O) groups is 1. The van der Waals surface area contributed by atoms with Crippen molar-refractivity contribution in [1.82, 2.24) is 9.55 Å². The Morgan fingerprint density at radius 1 is 1.62 bits per heavy atom. The highest BCUT2D eigenvalue weighted by atomic mass is 16.6. The topological polar surface area (TPSA) is 87.3 Å². The zero-order valence-electron chi connectivity index (χ0n) is 12.7. The molecule has 0 aromatic carbocycles. The molecule has 0 unspecified atom stereocenters. The summed E-state index contributed by atoms with van der Waals surface area (Å²) in [5.41, 5.74) is 0.124. The van der Waals surface area contributed by atoms with Crippen LogP contribution in [-0.2, 0) is 16.1 Å². The van der Waals surface area contributed by atoms with Crippen LogP contribution in [0.4, 0.5) is 5.82 Å². The van der Waals surface area contributed by atoms with Crippen LogP contribution in [0.1, 0.15) is 38.9 Å². The van der Waals surface area contributed by atoms with Crippen molar-refractivity contribution in [2.75, 3.05) is 6.61 Å². The number of aryl methyl sites for hydroxylation is 2. The number of hydrogen-bond acceptors (Lipinski definition) is 5. The van der Waals surface area contributed by atoms with Gasteiger partial charge in [-0.25, -0.2) is 0 Å². The lowest BCUT2D eigenvalue weighted by Gasteiger charge is -2.43. The molecule has 1 aromatic heterocycles. The van der Waals surface area contributed by atoms with Gasteiger partial charge in [0, 0.05) is 18.9 Å². The van der Waals surface area contributed by atoms with Crippen LogP contribution in [0.25, 0.3) is 0 Å².